The lowest BCUT2D eigenvalue weighted by molar-refractivity contribution is -0.120. The van der Waals surface area contributed by atoms with E-state index in [1.807, 2.05) is 13.8 Å². The highest BCUT2D eigenvalue weighted by atomic mass is 32.2. The van der Waals surface area contributed by atoms with E-state index < -0.39 is 0 Å². The van der Waals surface area contributed by atoms with Crippen LogP contribution in [0.2, 0.25) is 0 Å². The molecule has 0 bridgehead atoms. The Labute approximate surface area is 127 Å². The van der Waals surface area contributed by atoms with E-state index in [1.54, 1.807) is 29.7 Å². The van der Waals surface area contributed by atoms with Crippen LogP contribution in [0.25, 0.3) is 5.69 Å². The van der Waals surface area contributed by atoms with Gasteiger partial charge in [-0.25, -0.2) is 4.39 Å². The fraction of sp³-hybridized carbons (Fsp3) is 0.357. The maximum Gasteiger partial charge on any atom is 0.233 e. The summed E-state index contributed by atoms with van der Waals surface area (Å²) in [5.74, 6) is -0.448. The molecule has 7 heteroatoms. The highest BCUT2D eigenvalue weighted by Crippen LogP contribution is 2.25. The summed E-state index contributed by atoms with van der Waals surface area (Å²) in [5.41, 5.74) is 0.362. The van der Waals surface area contributed by atoms with Crippen molar-refractivity contribution in [2.24, 2.45) is 0 Å². The average molecular weight is 308 g/mol. The highest BCUT2D eigenvalue weighted by Gasteiger charge is 2.19. The van der Waals surface area contributed by atoms with E-state index >= 15 is 0 Å². The summed E-state index contributed by atoms with van der Waals surface area (Å²) < 4.78 is 15.4. The van der Waals surface area contributed by atoms with Crippen LogP contribution in [0.1, 0.15) is 20.8 Å². The Morgan fingerprint density at radius 1 is 1.33 bits per heavy atom. The first-order valence-electron chi connectivity index (χ1n) is 6.61. The second-order valence-electron chi connectivity index (χ2n) is 4.86. The van der Waals surface area contributed by atoms with Crippen molar-refractivity contribution in [2.45, 2.75) is 37.2 Å². The van der Waals surface area contributed by atoms with Gasteiger partial charge in [0.2, 0.25) is 5.91 Å². The van der Waals surface area contributed by atoms with Crippen LogP contribution in [0, 0.1) is 5.82 Å². The molecule has 112 valence electrons. The SMILES string of the molecule is CC(C)NC(=O)[C@@H](C)Sc1nncn1-c1ccccc1F. The molecule has 1 atom stereocenters. The van der Waals surface area contributed by atoms with Crippen LogP contribution in [0.4, 0.5) is 4.39 Å². The summed E-state index contributed by atoms with van der Waals surface area (Å²) in [6, 6.07) is 6.45. The Morgan fingerprint density at radius 3 is 2.71 bits per heavy atom. The Balaban J connectivity index is 2.18. The maximum atomic E-state index is 13.8. The third-order valence-corrected chi connectivity index (χ3v) is 3.77. The minimum Gasteiger partial charge on any atom is -0.353 e. The molecule has 0 radical (unpaired) electrons. The number of para-hydroxylation sites is 1. The summed E-state index contributed by atoms with van der Waals surface area (Å²) >= 11 is 1.24. The number of rotatable bonds is 5. The minimum atomic E-state index is -0.363. The Morgan fingerprint density at radius 2 is 2.05 bits per heavy atom. The monoisotopic (exact) mass is 308 g/mol. The number of nitrogens with one attached hydrogen (secondary N) is 1. The number of carbonyl (C=O) groups excluding carboxylic acids is 1. The van der Waals surface area contributed by atoms with E-state index in [1.165, 1.54) is 24.2 Å². The molecule has 1 aromatic carbocycles. The van der Waals surface area contributed by atoms with Gasteiger partial charge in [-0.15, -0.1) is 10.2 Å². The van der Waals surface area contributed by atoms with Gasteiger partial charge in [0, 0.05) is 6.04 Å². The quantitative estimate of drug-likeness (QED) is 0.862. The van der Waals surface area contributed by atoms with Crippen molar-refractivity contribution in [3.63, 3.8) is 0 Å². The number of carbonyl (C=O) groups is 1. The molecular weight excluding hydrogens is 291 g/mol. The summed E-state index contributed by atoms with van der Waals surface area (Å²) in [5, 5.41) is 10.7. The van der Waals surface area contributed by atoms with E-state index in [9.17, 15) is 9.18 Å². The molecule has 0 aliphatic carbocycles. The van der Waals surface area contributed by atoms with E-state index in [0.717, 1.165) is 0 Å². The Hall–Kier alpha value is -1.89. The average Bonchev–Trinajstić information content (AvgIpc) is 2.86. The number of halogens is 1. The molecule has 0 aliphatic heterocycles. The molecular formula is C14H17FN4OS. The van der Waals surface area contributed by atoms with Gasteiger partial charge in [-0.1, -0.05) is 23.9 Å². The molecule has 0 spiro atoms. The number of benzene rings is 1. The third kappa shape index (κ3) is 3.81. The van der Waals surface area contributed by atoms with Crippen LogP contribution in [0.5, 0.6) is 0 Å². The summed E-state index contributed by atoms with van der Waals surface area (Å²) in [6.45, 7) is 5.58. The fourth-order valence-corrected chi connectivity index (χ4v) is 2.58. The second-order valence-corrected chi connectivity index (χ2v) is 6.17. The first-order chi connectivity index (χ1) is 9.99. The lowest BCUT2D eigenvalue weighted by Gasteiger charge is -2.14. The van der Waals surface area contributed by atoms with Gasteiger partial charge in [-0.2, -0.15) is 0 Å². The lowest BCUT2D eigenvalue weighted by Crippen LogP contribution is -2.36. The van der Waals surface area contributed by atoms with Gasteiger partial charge >= 0.3 is 0 Å². The first kappa shape index (κ1) is 15.5. The van der Waals surface area contributed by atoms with Gasteiger partial charge in [-0.05, 0) is 32.9 Å². The molecule has 2 rings (SSSR count). The van der Waals surface area contributed by atoms with Crippen molar-refractivity contribution in [3.05, 3.63) is 36.4 Å². The molecule has 0 saturated carbocycles. The van der Waals surface area contributed by atoms with Crippen LogP contribution in [0.3, 0.4) is 0 Å². The van der Waals surface area contributed by atoms with Crippen molar-refractivity contribution in [2.75, 3.05) is 0 Å². The van der Waals surface area contributed by atoms with Gasteiger partial charge in [0.1, 0.15) is 12.1 Å². The molecule has 2 aromatic rings. The molecule has 0 saturated heterocycles. The van der Waals surface area contributed by atoms with Crippen molar-refractivity contribution in [1.29, 1.82) is 0 Å². The van der Waals surface area contributed by atoms with Crippen molar-refractivity contribution in [1.82, 2.24) is 20.1 Å². The van der Waals surface area contributed by atoms with E-state index in [0.29, 0.717) is 10.8 Å². The van der Waals surface area contributed by atoms with Crippen LogP contribution >= 0.6 is 11.8 Å². The summed E-state index contributed by atoms with van der Waals surface area (Å²) in [7, 11) is 0. The molecule has 1 heterocycles. The zero-order valence-electron chi connectivity index (χ0n) is 12.1. The summed E-state index contributed by atoms with van der Waals surface area (Å²) in [4.78, 5) is 11.9. The number of aromatic nitrogens is 3. The van der Waals surface area contributed by atoms with Gasteiger partial charge in [0.25, 0.3) is 0 Å². The van der Waals surface area contributed by atoms with Crippen LogP contribution < -0.4 is 5.32 Å². The van der Waals surface area contributed by atoms with Crippen LogP contribution in [-0.2, 0) is 4.79 Å². The zero-order valence-corrected chi connectivity index (χ0v) is 12.9. The van der Waals surface area contributed by atoms with Gasteiger partial charge in [-0.3, -0.25) is 9.36 Å². The Bertz CT molecular complexity index is 629. The van der Waals surface area contributed by atoms with Crippen LogP contribution in [-0.4, -0.2) is 32.0 Å². The molecule has 0 fully saturated rings. The molecule has 1 aromatic heterocycles. The third-order valence-electron chi connectivity index (χ3n) is 2.71. The zero-order chi connectivity index (χ0) is 15.4. The van der Waals surface area contributed by atoms with E-state index in [2.05, 4.69) is 15.5 Å². The maximum absolute atomic E-state index is 13.8. The van der Waals surface area contributed by atoms with E-state index in [4.69, 9.17) is 0 Å². The lowest BCUT2D eigenvalue weighted by atomic mass is 10.3. The second kappa shape index (κ2) is 6.71. The standard InChI is InChI=1S/C14H17FN4OS/c1-9(2)17-13(20)10(3)21-14-18-16-8-19(14)12-7-5-4-6-11(12)15/h4-10H,1-3H3,(H,17,20)/t10-/m1/s1. The normalized spacial score (nSPS) is 12.4. The predicted octanol–water partition coefficient (Wildman–Crippen LogP) is 2.41. The Kier molecular flexibility index (Phi) is 4.95. The molecule has 0 aliphatic rings. The van der Waals surface area contributed by atoms with Crippen molar-refractivity contribution in [3.8, 4) is 5.69 Å². The van der Waals surface area contributed by atoms with Gasteiger partial charge < -0.3 is 5.32 Å². The van der Waals surface area contributed by atoms with Crippen molar-refractivity contribution < 1.29 is 9.18 Å². The molecule has 1 amide bonds. The molecule has 1 N–H and O–H groups in total. The number of thioether (sulfide) groups is 1. The first-order valence-corrected chi connectivity index (χ1v) is 7.49. The van der Waals surface area contributed by atoms with E-state index in [-0.39, 0.29) is 23.0 Å². The molecule has 0 unspecified atom stereocenters. The molecule has 5 nitrogen and oxygen atoms in total. The fourth-order valence-electron chi connectivity index (χ4n) is 1.73. The highest BCUT2D eigenvalue weighted by molar-refractivity contribution is 8.00. The van der Waals surface area contributed by atoms with Crippen molar-refractivity contribution >= 4 is 17.7 Å². The number of amides is 1. The van der Waals surface area contributed by atoms with Gasteiger partial charge in [0.05, 0.1) is 10.9 Å². The molecule has 21 heavy (non-hydrogen) atoms. The van der Waals surface area contributed by atoms with Gasteiger partial charge in [0.15, 0.2) is 5.16 Å². The minimum absolute atomic E-state index is 0.0741. The van der Waals surface area contributed by atoms with Crippen LogP contribution in [0.15, 0.2) is 35.7 Å². The topological polar surface area (TPSA) is 59.8 Å². The number of nitrogens with zero attached hydrogens (tertiary/aromatic N) is 3. The smallest absolute Gasteiger partial charge is 0.233 e. The summed E-state index contributed by atoms with van der Waals surface area (Å²) in [6.07, 6.45) is 1.44. The predicted molar refractivity (Wildman–Crippen MR) is 79.9 cm³/mol. The number of hydrogen-bond donors (Lipinski definition) is 1. The largest absolute Gasteiger partial charge is 0.353 e. The number of hydrogen-bond acceptors (Lipinski definition) is 4.